The summed E-state index contributed by atoms with van der Waals surface area (Å²) >= 11 is 0. The lowest BCUT2D eigenvalue weighted by atomic mass is 10.0. The van der Waals surface area contributed by atoms with Crippen LogP contribution in [0.2, 0.25) is 0 Å². The van der Waals surface area contributed by atoms with Crippen LogP contribution in [0.1, 0.15) is 19.0 Å². The van der Waals surface area contributed by atoms with Crippen LogP contribution in [0.3, 0.4) is 0 Å². The van der Waals surface area contributed by atoms with Gasteiger partial charge in [0.05, 0.1) is 25.2 Å². The van der Waals surface area contributed by atoms with E-state index in [1.54, 1.807) is 7.11 Å². The molecule has 0 bridgehead atoms. The predicted octanol–water partition coefficient (Wildman–Crippen LogP) is 0.798. The number of nitrogens with one attached hydrogen (secondary N) is 1. The third kappa shape index (κ3) is 2.86. The van der Waals surface area contributed by atoms with Crippen molar-refractivity contribution in [3.63, 3.8) is 0 Å². The molecule has 1 N–H and O–H groups in total. The fourth-order valence-corrected chi connectivity index (χ4v) is 2.14. The summed E-state index contributed by atoms with van der Waals surface area (Å²) in [6.07, 6.45) is 4.72. The molecule has 0 radical (unpaired) electrons. The number of hydrogen-bond donors (Lipinski definition) is 1. The van der Waals surface area contributed by atoms with Gasteiger partial charge in [0.15, 0.2) is 0 Å². The van der Waals surface area contributed by atoms with Gasteiger partial charge in [-0.1, -0.05) is 6.92 Å². The Morgan fingerprint density at radius 1 is 1.65 bits per heavy atom. The second kappa shape index (κ2) is 5.62. The Morgan fingerprint density at radius 3 is 3.18 bits per heavy atom. The molecule has 0 spiro atoms. The molecular weight excluding hydrogens is 218 g/mol. The molecule has 2 rings (SSSR count). The SMILES string of the molecule is CCNCc1cncn1CC1(OC)CCOC1. The molecule has 5 nitrogen and oxygen atoms in total. The molecule has 1 fully saturated rings. The zero-order valence-electron chi connectivity index (χ0n) is 10.6. The first kappa shape index (κ1) is 12.5. The van der Waals surface area contributed by atoms with Gasteiger partial charge in [0.25, 0.3) is 0 Å². The number of rotatable bonds is 6. The largest absolute Gasteiger partial charge is 0.378 e. The van der Waals surface area contributed by atoms with Crippen molar-refractivity contribution >= 4 is 0 Å². The van der Waals surface area contributed by atoms with Gasteiger partial charge in [0.1, 0.15) is 5.60 Å². The first-order valence-electron chi connectivity index (χ1n) is 6.12. The van der Waals surface area contributed by atoms with Crippen LogP contribution in [-0.2, 0) is 22.6 Å². The minimum atomic E-state index is -0.179. The highest BCUT2D eigenvalue weighted by atomic mass is 16.5. The van der Waals surface area contributed by atoms with Crippen LogP contribution in [0.25, 0.3) is 0 Å². The highest BCUT2D eigenvalue weighted by Crippen LogP contribution is 2.25. The van der Waals surface area contributed by atoms with E-state index >= 15 is 0 Å². The lowest BCUT2D eigenvalue weighted by molar-refractivity contribution is -0.0300. The van der Waals surface area contributed by atoms with E-state index < -0.39 is 0 Å². The number of nitrogens with zero attached hydrogens (tertiary/aromatic N) is 2. The molecule has 1 saturated heterocycles. The smallest absolute Gasteiger partial charge is 0.111 e. The fraction of sp³-hybridized carbons (Fsp3) is 0.750. The van der Waals surface area contributed by atoms with Gasteiger partial charge in [-0.25, -0.2) is 4.98 Å². The molecule has 0 aromatic carbocycles. The average Bonchev–Trinajstić information content (AvgIpc) is 2.97. The number of methoxy groups -OCH3 is 1. The Labute approximate surface area is 102 Å². The minimum Gasteiger partial charge on any atom is -0.378 e. The monoisotopic (exact) mass is 239 g/mol. The van der Waals surface area contributed by atoms with Crippen molar-refractivity contribution in [2.45, 2.75) is 32.0 Å². The third-order valence-electron chi connectivity index (χ3n) is 3.31. The van der Waals surface area contributed by atoms with Crippen LogP contribution < -0.4 is 5.32 Å². The first-order valence-corrected chi connectivity index (χ1v) is 6.12. The van der Waals surface area contributed by atoms with E-state index in [9.17, 15) is 0 Å². The van der Waals surface area contributed by atoms with Gasteiger partial charge in [-0.05, 0) is 6.54 Å². The van der Waals surface area contributed by atoms with E-state index in [1.165, 1.54) is 5.69 Å². The standard InChI is InChI=1S/C12H21N3O2/c1-3-13-6-11-7-14-10-15(11)8-12(16-2)4-5-17-9-12/h7,10,13H,3-6,8-9H2,1-2H3. The maximum atomic E-state index is 5.64. The highest BCUT2D eigenvalue weighted by Gasteiger charge is 2.35. The van der Waals surface area contributed by atoms with Crippen LogP contribution in [0.15, 0.2) is 12.5 Å². The molecule has 0 saturated carbocycles. The van der Waals surface area contributed by atoms with Gasteiger partial charge in [-0.3, -0.25) is 0 Å². The fourth-order valence-electron chi connectivity index (χ4n) is 2.14. The molecule has 1 atom stereocenters. The zero-order valence-corrected chi connectivity index (χ0v) is 10.6. The summed E-state index contributed by atoms with van der Waals surface area (Å²) in [6, 6.07) is 0. The van der Waals surface area contributed by atoms with Crippen molar-refractivity contribution in [2.24, 2.45) is 0 Å². The highest BCUT2D eigenvalue weighted by molar-refractivity contribution is 5.00. The number of ether oxygens (including phenoxy) is 2. The Hall–Kier alpha value is -0.910. The first-order chi connectivity index (χ1) is 8.29. The van der Waals surface area contributed by atoms with Crippen molar-refractivity contribution in [3.8, 4) is 0 Å². The van der Waals surface area contributed by atoms with E-state index in [0.29, 0.717) is 6.61 Å². The van der Waals surface area contributed by atoms with Crippen molar-refractivity contribution < 1.29 is 9.47 Å². The Balaban J connectivity index is 2.04. The van der Waals surface area contributed by atoms with E-state index in [4.69, 9.17) is 9.47 Å². The number of imidazole rings is 1. The maximum Gasteiger partial charge on any atom is 0.111 e. The lowest BCUT2D eigenvalue weighted by Crippen LogP contribution is -2.37. The van der Waals surface area contributed by atoms with Gasteiger partial charge in [-0.15, -0.1) is 0 Å². The van der Waals surface area contributed by atoms with E-state index in [-0.39, 0.29) is 5.60 Å². The van der Waals surface area contributed by atoms with E-state index in [0.717, 1.165) is 32.7 Å². The molecule has 1 aliphatic rings. The topological polar surface area (TPSA) is 48.3 Å². The maximum absolute atomic E-state index is 5.64. The molecule has 2 heterocycles. The normalized spacial score (nSPS) is 24.4. The quantitative estimate of drug-likeness (QED) is 0.797. The zero-order chi connectivity index (χ0) is 12.1. The third-order valence-corrected chi connectivity index (χ3v) is 3.31. The van der Waals surface area contributed by atoms with Crippen LogP contribution >= 0.6 is 0 Å². The number of hydrogen-bond acceptors (Lipinski definition) is 4. The van der Waals surface area contributed by atoms with Crippen molar-refractivity contribution in [3.05, 3.63) is 18.2 Å². The Morgan fingerprint density at radius 2 is 2.53 bits per heavy atom. The Kier molecular flexibility index (Phi) is 4.15. The molecule has 1 aromatic rings. The van der Waals surface area contributed by atoms with E-state index in [1.807, 2.05) is 12.5 Å². The molecule has 5 heteroatoms. The summed E-state index contributed by atoms with van der Waals surface area (Å²) in [6.45, 7) is 6.17. The van der Waals surface area contributed by atoms with Gasteiger partial charge in [0.2, 0.25) is 0 Å². The number of aromatic nitrogens is 2. The predicted molar refractivity (Wildman–Crippen MR) is 64.8 cm³/mol. The molecule has 17 heavy (non-hydrogen) atoms. The van der Waals surface area contributed by atoms with Crippen molar-refractivity contribution in [1.29, 1.82) is 0 Å². The van der Waals surface area contributed by atoms with Crippen LogP contribution in [0.4, 0.5) is 0 Å². The summed E-state index contributed by atoms with van der Waals surface area (Å²) in [4.78, 5) is 4.21. The molecule has 1 aliphatic heterocycles. The summed E-state index contributed by atoms with van der Waals surface area (Å²) in [7, 11) is 1.76. The summed E-state index contributed by atoms with van der Waals surface area (Å²) in [5.41, 5.74) is 1.01. The summed E-state index contributed by atoms with van der Waals surface area (Å²) in [5, 5.41) is 3.31. The van der Waals surface area contributed by atoms with Crippen LogP contribution in [-0.4, -0.2) is 42.0 Å². The van der Waals surface area contributed by atoms with Gasteiger partial charge < -0.3 is 19.4 Å². The second-order valence-electron chi connectivity index (χ2n) is 4.48. The van der Waals surface area contributed by atoms with Crippen molar-refractivity contribution in [2.75, 3.05) is 26.9 Å². The molecule has 1 aromatic heterocycles. The van der Waals surface area contributed by atoms with Gasteiger partial charge in [0, 0.05) is 32.9 Å². The van der Waals surface area contributed by atoms with E-state index in [2.05, 4.69) is 21.8 Å². The summed E-state index contributed by atoms with van der Waals surface area (Å²) < 4.78 is 13.2. The molecule has 1 unspecified atom stereocenters. The van der Waals surface area contributed by atoms with Crippen LogP contribution in [0, 0.1) is 0 Å². The van der Waals surface area contributed by atoms with Gasteiger partial charge in [-0.2, -0.15) is 0 Å². The van der Waals surface area contributed by atoms with Gasteiger partial charge >= 0.3 is 0 Å². The van der Waals surface area contributed by atoms with Crippen LogP contribution in [0.5, 0.6) is 0 Å². The Bertz CT molecular complexity index is 345. The lowest BCUT2D eigenvalue weighted by Gasteiger charge is -2.27. The molecule has 0 aliphatic carbocycles. The van der Waals surface area contributed by atoms with Crippen molar-refractivity contribution in [1.82, 2.24) is 14.9 Å². The average molecular weight is 239 g/mol. The minimum absolute atomic E-state index is 0.179. The molecular formula is C12H21N3O2. The summed E-state index contributed by atoms with van der Waals surface area (Å²) in [5.74, 6) is 0. The second-order valence-corrected chi connectivity index (χ2v) is 4.48. The molecule has 96 valence electrons. The molecule has 0 amide bonds.